The lowest BCUT2D eigenvalue weighted by Crippen LogP contribution is -2.61. The number of pyridine rings is 1. The van der Waals surface area contributed by atoms with Crippen LogP contribution in [0.15, 0.2) is 18.3 Å². The van der Waals surface area contributed by atoms with Gasteiger partial charge >= 0.3 is 5.82 Å². The third kappa shape index (κ3) is 1.95. The van der Waals surface area contributed by atoms with Crippen LogP contribution in [-0.2, 0) is 0 Å². The van der Waals surface area contributed by atoms with Gasteiger partial charge in [0.25, 0.3) is 0 Å². The van der Waals surface area contributed by atoms with Gasteiger partial charge in [0.1, 0.15) is 6.10 Å². The van der Waals surface area contributed by atoms with Gasteiger partial charge in [-0.2, -0.15) is 0 Å². The van der Waals surface area contributed by atoms with Crippen LogP contribution in [0.5, 0.6) is 5.75 Å². The molecule has 1 aromatic heterocycles. The van der Waals surface area contributed by atoms with E-state index in [1.807, 2.05) is 0 Å². The highest BCUT2D eigenvalue weighted by Gasteiger charge is 2.48. The fraction of sp³-hybridized carbons (Fsp3) is 0.643. The molecule has 4 bridgehead atoms. The molecule has 1 aromatic rings. The highest BCUT2D eigenvalue weighted by molar-refractivity contribution is 5.27. The average Bonchev–Trinajstić information content (AvgIpc) is 2.42. The van der Waals surface area contributed by atoms with Gasteiger partial charge < -0.3 is 19.8 Å². The molecule has 4 heterocycles. The molecule has 0 aromatic carbocycles. The molecular weight excluding hydrogens is 258 g/mol. The van der Waals surface area contributed by atoms with Crippen LogP contribution in [0.25, 0.3) is 0 Å². The summed E-state index contributed by atoms with van der Waals surface area (Å²) in [4.78, 5) is 16.5. The smallest absolute Gasteiger partial charge is 0.363 e. The van der Waals surface area contributed by atoms with E-state index in [-0.39, 0.29) is 11.9 Å². The van der Waals surface area contributed by atoms with Crippen molar-refractivity contribution < 1.29 is 9.66 Å². The van der Waals surface area contributed by atoms with E-state index in [0.29, 0.717) is 17.6 Å². The van der Waals surface area contributed by atoms with E-state index in [9.17, 15) is 10.1 Å². The normalized spacial score (nSPS) is 37.9. The molecule has 20 heavy (non-hydrogen) atoms. The summed E-state index contributed by atoms with van der Waals surface area (Å²) >= 11 is 0. The molecule has 5 rings (SSSR count). The molecule has 0 N–H and O–H groups in total. The Hall–Kier alpha value is -1.69. The Morgan fingerprint density at radius 3 is 2.55 bits per heavy atom. The minimum absolute atomic E-state index is 0.131. The first-order valence-corrected chi connectivity index (χ1v) is 7.18. The Labute approximate surface area is 116 Å². The van der Waals surface area contributed by atoms with Crippen LogP contribution in [-0.4, -0.2) is 40.5 Å². The Morgan fingerprint density at radius 2 is 2.00 bits per heavy atom. The van der Waals surface area contributed by atoms with Gasteiger partial charge in [0.2, 0.25) is 0 Å². The van der Waals surface area contributed by atoms with Gasteiger partial charge in [0.15, 0.2) is 11.9 Å². The molecule has 6 heteroatoms. The van der Waals surface area contributed by atoms with Crippen molar-refractivity contribution in [3.8, 4) is 5.75 Å². The average molecular weight is 275 g/mol. The number of hydrogen-bond donors (Lipinski definition) is 0. The van der Waals surface area contributed by atoms with Crippen LogP contribution < -0.4 is 4.74 Å². The third-order valence-corrected chi connectivity index (χ3v) is 4.88. The van der Waals surface area contributed by atoms with Crippen molar-refractivity contribution >= 4 is 5.82 Å². The van der Waals surface area contributed by atoms with Crippen molar-refractivity contribution in [2.24, 2.45) is 17.8 Å². The Bertz CT molecular complexity index is 503. The summed E-state index contributed by atoms with van der Waals surface area (Å²) in [6.45, 7) is 3.54. The minimum atomic E-state index is -0.486. The number of piperidine rings is 3. The zero-order valence-electron chi connectivity index (χ0n) is 11.1. The summed E-state index contributed by atoms with van der Waals surface area (Å²) in [5.74, 6) is 2.59. The van der Waals surface area contributed by atoms with Crippen molar-refractivity contribution in [3.05, 3.63) is 28.4 Å². The molecule has 3 saturated heterocycles. The lowest BCUT2D eigenvalue weighted by molar-refractivity contribution is -0.389. The first-order valence-electron chi connectivity index (χ1n) is 7.18. The molecule has 1 aliphatic carbocycles. The van der Waals surface area contributed by atoms with E-state index >= 15 is 0 Å². The largest absolute Gasteiger partial charge is 0.486 e. The van der Waals surface area contributed by atoms with Gasteiger partial charge in [-0.25, -0.2) is 0 Å². The van der Waals surface area contributed by atoms with Crippen LogP contribution in [0.3, 0.4) is 0 Å². The van der Waals surface area contributed by atoms with Crippen molar-refractivity contribution in [3.63, 3.8) is 0 Å². The maximum absolute atomic E-state index is 10.6. The predicted molar refractivity (Wildman–Crippen MR) is 71.5 cm³/mol. The number of ether oxygens (including phenoxy) is 1. The summed E-state index contributed by atoms with van der Waals surface area (Å²) in [6, 6.07) is 3.07. The van der Waals surface area contributed by atoms with E-state index in [4.69, 9.17) is 4.74 Å². The SMILES string of the molecule is O=[N+]([O-])c1ccc(OC2[C@@H]3CC4C[C@@H]2CN(C4)C3)cn1. The number of nitrogens with zero attached hydrogens (tertiary/aromatic N) is 3. The third-order valence-electron chi connectivity index (χ3n) is 4.88. The highest BCUT2D eigenvalue weighted by Crippen LogP contribution is 2.44. The first kappa shape index (κ1) is 12.1. The van der Waals surface area contributed by atoms with Crippen LogP contribution in [0.4, 0.5) is 5.82 Å². The minimum Gasteiger partial charge on any atom is -0.486 e. The molecule has 4 aliphatic rings. The van der Waals surface area contributed by atoms with Crippen molar-refractivity contribution in [1.82, 2.24) is 9.88 Å². The van der Waals surface area contributed by atoms with Gasteiger partial charge in [-0.15, -0.1) is 0 Å². The van der Waals surface area contributed by atoms with Crippen molar-refractivity contribution in [1.29, 1.82) is 0 Å². The summed E-state index contributed by atoms with van der Waals surface area (Å²) in [5, 5.41) is 10.6. The monoisotopic (exact) mass is 275 g/mol. The van der Waals surface area contributed by atoms with Gasteiger partial charge in [0, 0.05) is 37.5 Å². The second kappa shape index (κ2) is 4.41. The maximum atomic E-state index is 10.6. The quantitative estimate of drug-likeness (QED) is 0.620. The Balaban J connectivity index is 1.50. The molecular formula is C14H17N3O3. The number of rotatable bonds is 3. The predicted octanol–water partition coefficient (Wildman–Crippen LogP) is 1.71. The number of nitro groups is 1. The van der Waals surface area contributed by atoms with E-state index in [0.717, 1.165) is 19.0 Å². The fourth-order valence-electron chi connectivity index (χ4n) is 4.26. The standard InChI is InChI=1S/C14H17N3O3/c18-17(19)13-2-1-12(5-15-13)20-14-10-3-9-4-11(14)8-16(6-9)7-10/h1-2,5,9-11,14H,3-4,6-8H2/t9?,10-,11-,14?/m1/s1. The van der Waals surface area contributed by atoms with E-state index in [2.05, 4.69) is 9.88 Å². The summed E-state index contributed by atoms with van der Waals surface area (Å²) < 4.78 is 6.11. The molecule has 0 unspecified atom stereocenters. The van der Waals surface area contributed by atoms with E-state index < -0.39 is 4.92 Å². The van der Waals surface area contributed by atoms with Gasteiger partial charge in [-0.05, 0) is 34.7 Å². The van der Waals surface area contributed by atoms with Gasteiger partial charge in [-0.3, -0.25) is 0 Å². The summed E-state index contributed by atoms with van der Waals surface area (Å²) in [5.41, 5.74) is 0. The molecule has 0 amide bonds. The lowest BCUT2D eigenvalue weighted by atomic mass is 9.66. The molecule has 0 radical (unpaired) electrons. The van der Waals surface area contributed by atoms with Crippen LogP contribution in [0.2, 0.25) is 0 Å². The molecule has 1 saturated carbocycles. The van der Waals surface area contributed by atoms with E-state index in [1.54, 1.807) is 6.07 Å². The van der Waals surface area contributed by atoms with Gasteiger partial charge in [0.05, 0.1) is 0 Å². The second-order valence-corrected chi connectivity index (χ2v) is 6.27. The summed E-state index contributed by atoms with van der Waals surface area (Å²) in [6.07, 6.45) is 4.26. The molecule has 106 valence electrons. The highest BCUT2D eigenvalue weighted by atomic mass is 16.6. The zero-order chi connectivity index (χ0) is 13.7. The zero-order valence-corrected chi connectivity index (χ0v) is 11.1. The topological polar surface area (TPSA) is 68.5 Å². The van der Waals surface area contributed by atoms with Crippen LogP contribution >= 0.6 is 0 Å². The van der Waals surface area contributed by atoms with Crippen molar-refractivity contribution in [2.75, 3.05) is 19.6 Å². The second-order valence-electron chi connectivity index (χ2n) is 6.27. The fourth-order valence-corrected chi connectivity index (χ4v) is 4.26. The molecule has 2 atom stereocenters. The van der Waals surface area contributed by atoms with Crippen molar-refractivity contribution in [2.45, 2.75) is 18.9 Å². The van der Waals surface area contributed by atoms with Crippen LogP contribution in [0, 0.1) is 27.9 Å². The molecule has 3 aliphatic heterocycles. The Morgan fingerprint density at radius 1 is 1.25 bits per heavy atom. The number of aromatic nitrogens is 1. The maximum Gasteiger partial charge on any atom is 0.363 e. The van der Waals surface area contributed by atoms with Crippen LogP contribution in [0.1, 0.15) is 12.8 Å². The molecule has 6 nitrogen and oxygen atoms in total. The number of hydrogen-bond acceptors (Lipinski definition) is 5. The lowest BCUT2D eigenvalue weighted by Gasteiger charge is -2.55. The molecule has 4 fully saturated rings. The van der Waals surface area contributed by atoms with E-state index in [1.165, 1.54) is 31.6 Å². The first-order chi connectivity index (χ1) is 9.69. The Kier molecular flexibility index (Phi) is 2.66. The van der Waals surface area contributed by atoms with Gasteiger partial charge in [-0.1, -0.05) is 0 Å². The summed E-state index contributed by atoms with van der Waals surface area (Å²) in [7, 11) is 0. The molecule has 0 spiro atoms.